The monoisotopic (exact) mass is 323 g/mol. The van der Waals surface area contributed by atoms with Gasteiger partial charge in [0.2, 0.25) is 0 Å². The Morgan fingerprint density at radius 1 is 1.36 bits per heavy atom. The highest BCUT2D eigenvalue weighted by molar-refractivity contribution is 6.32. The fourth-order valence-corrected chi connectivity index (χ4v) is 2.13. The Morgan fingerprint density at radius 3 is 2.86 bits per heavy atom. The number of aryl methyl sites for hydroxylation is 1. The third-order valence-corrected chi connectivity index (χ3v) is 3.34. The summed E-state index contributed by atoms with van der Waals surface area (Å²) in [5.41, 5.74) is 1.48. The van der Waals surface area contributed by atoms with Gasteiger partial charge in [-0.15, -0.1) is 0 Å². The normalized spacial score (nSPS) is 10.3. The number of nitrogens with zero attached hydrogens (tertiary/aromatic N) is 2. The van der Waals surface area contributed by atoms with Crippen molar-refractivity contribution in [1.82, 2.24) is 15.3 Å². The first-order valence-corrected chi connectivity index (χ1v) is 7.25. The van der Waals surface area contributed by atoms with Gasteiger partial charge in [0.05, 0.1) is 6.26 Å². The molecule has 2 rings (SSSR count). The number of amides is 1. The number of carbonyl (C=O) groups excluding carboxylic acids is 1. The molecule has 0 atom stereocenters. The van der Waals surface area contributed by atoms with Crippen LogP contribution in [0, 0.1) is 6.92 Å². The van der Waals surface area contributed by atoms with E-state index >= 15 is 0 Å². The molecule has 0 aliphatic carbocycles. The van der Waals surface area contributed by atoms with Crippen LogP contribution in [0.4, 0.5) is 11.5 Å². The van der Waals surface area contributed by atoms with Crippen LogP contribution in [0.15, 0.2) is 23.1 Å². The van der Waals surface area contributed by atoms with Crippen LogP contribution in [0.3, 0.4) is 0 Å². The van der Waals surface area contributed by atoms with Crippen molar-refractivity contribution in [3.63, 3.8) is 0 Å². The smallest absolute Gasteiger partial charge is 0.287 e. The number of rotatable bonds is 7. The van der Waals surface area contributed by atoms with E-state index < -0.39 is 0 Å². The molecule has 2 heterocycles. The van der Waals surface area contributed by atoms with Crippen LogP contribution < -0.4 is 16.0 Å². The van der Waals surface area contributed by atoms with Crippen LogP contribution in [-0.4, -0.2) is 36.0 Å². The number of furan rings is 1. The van der Waals surface area contributed by atoms with Crippen molar-refractivity contribution in [2.45, 2.75) is 13.3 Å². The van der Waals surface area contributed by atoms with E-state index in [0.717, 1.165) is 12.0 Å². The molecule has 8 heteroatoms. The van der Waals surface area contributed by atoms with Crippen molar-refractivity contribution in [2.24, 2.45) is 0 Å². The summed E-state index contributed by atoms with van der Waals surface area (Å²) in [6.07, 6.45) is 3.63. The summed E-state index contributed by atoms with van der Waals surface area (Å²) in [6.45, 7) is 3.00. The van der Waals surface area contributed by atoms with Gasteiger partial charge in [-0.2, -0.15) is 0 Å². The number of hydrogen-bond acceptors (Lipinski definition) is 6. The highest BCUT2D eigenvalue weighted by Crippen LogP contribution is 2.24. The predicted molar refractivity (Wildman–Crippen MR) is 85.5 cm³/mol. The van der Waals surface area contributed by atoms with E-state index in [4.69, 9.17) is 16.0 Å². The molecule has 0 aliphatic rings. The maximum atomic E-state index is 11.8. The van der Waals surface area contributed by atoms with Gasteiger partial charge in [-0.1, -0.05) is 11.6 Å². The number of aromatic nitrogens is 2. The Hall–Kier alpha value is -2.28. The summed E-state index contributed by atoms with van der Waals surface area (Å²) in [7, 11) is 1.75. The fraction of sp³-hybridized carbons (Fsp3) is 0.357. The second-order valence-corrected chi connectivity index (χ2v) is 4.97. The Bertz CT molecular complexity index is 644. The van der Waals surface area contributed by atoms with Crippen LogP contribution in [0.1, 0.15) is 22.5 Å². The molecule has 118 valence electrons. The van der Waals surface area contributed by atoms with Crippen molar-refractivity contribution in [1.29, 1.82) is 0 Å². The number of halogens is 1. The minimum atomic E-state index is -0.205. The first-order chi connectivity index (χ1) is 10.6. The van der Waals surface area contributed by atoms with Gasteiger partial charge in [0.1, 0.15) is 12.0 Å². The highest BCUT2D eigenvalue weighted by Gasteiger charge is 2.11. The van der Waals surface area contributed by atoms with Gasteiger partial charge in [0.25, 0.3) is 5.91 Å². The second kappa shape index (κ2) is 7.65. The fourth-order valence-electron chi connectivity index (χ4n) is 1.90. The van der Waals surface area contributed by atoms with Gasteiger partial charge < -0.3 is 20.4 Å². The maximum Gasteiger partial charge on any atom is 0.287 e. The van der Waals surface area contributed by atoms with Gasteiger partial charge in [0.15, 0.2) is 16.7 Å². The largest absolute Gasteiger partial charge is 0.459 e. The number of hydrogen-bond donors (Lipinski definition) is 3. The number of carbonyl (C=O) groups is 1. The summed E-state index contributed by atoms with van der Waals surface area (Å²) in [6, 6.07) is 1.76. The lowest BCUT2D eigenvalue weighted by molar-refractivity contribution is 0.0925. The Morgan fingerprint density at radius 2 is 2.18 bits per heavy atom. The highest BCUT2D eigenvalue weighted by atomic mass is 35.5. The van der Waals surface area contributed by atoms with Crippen LogP contribution >= 0.6 is 11.6 Å². The van der Waals surface area contributed by atoms with Crippen LogP contribution in [0.25, 0.3) is 0 Å². The first-order valence-electron chi connectivity index (χ1n) is 6.88. The standard InChI is InChI=1S/C14H18ClN5O2/c1-9-4-7-22-11(9)14(21)18-6-3-5-17-13-10(16-2)12(15)19-8-20-13/h4,7-8,16H,3,5-6H2,1-2H3,(H,18,21)(H,17,19,20). The molecule has 2 aromatic rings. The topological polar surface area (TPSA) is 92.1 Å². The summed E-state index contributed by atoms with van der Waals surface area (Å²) in [4.78, 5) is 19.9. The van der Waals surface area contributed by atoms with Crippen molar-refractivity contribution in [3.8, 4) is 0 Å². The van der Waals surface area contributed by atoms with Gasteiger partial charge in [-0.05, 0) is 19.4 Å². The van der Waals surface area contributed by atoms with E-state index in [0.29, 0.717) is 35.5 Å². The van der Waals surface area contributed by atoms with Crippen LogP contribution in [0.5, 0.6) is 0 Å². The van der Waals surface area contributed by atoms with Gasteiger partial charge in [-0.3, -0.25) is 4.79 Å². The van der Waals surface area contributed by atoms with Crippen LogP contribution in [0.2, 0.25) is 5.15 Å². The lowest BCUT2D eigenvalue weighted by Crippen LogP contribution is -2.26. The summed E-state index contributed by atoms with van der Waals surface area (Å²) >= 11 is 5.96. The molecule has 3 N–H and O–H groups in total. The molecular weight excluding hydrogens is 306 g/mol. The molecule has 0 spiro atoms. The van der Waals surface area contributed by atoms with E-state index in [2.05, 4.69) is 25.9 Å². The molecule has 0 aromatic carbocycles. The Kier molecular flexibility index (Phi) is 5.60. The molecule has 7 nitrogen and oxygen atoms in total. The van der Waals surface area contributed by atoms with Crippen molar-refractivity contribution in [3.05, 3.63) is 35.1 Å². The van der Waals surface area contributed by atoms with Gasteiger partial charge >= 0.3 is 0 Å². The molecular formula is C14H18ClN5O2. The average Bonchev–Trinajstić information content (AvgIpc) is 2.93. The summed E-state index contributed by atoms with van der Waals surface area (Å²) < 4.78 is 5.13. The molecule has 0 bridgehead atoms. The molecule has 1 amide bonds. The molecule has 0 saturated carbocycles. The van der Waals surface area contributed by atoms with E-state index in [1.54, 1.807) is 13.1 Å². The summed E-state index contributed by atoms with van der Waals surface area (Å²) in [5.74, 6) is 0.784. The molecule has 22 heavy (non-hydrogen) atoms. The molecule has 0 fully saturated rings. The first kappa shape index (κ1) is 16.1. The van der Waals surface area contributed by atoms with Gasteiger partial charge in [0, 0.05) is 25.7 Å². The lowest BCUT2D eigenvalue weighted by Gasteiger charge is -2.11. The SMILES string of the molecule is CNc1c(Cl)ncnc1NCCCNC(=O)c1occc1C. The van der Waals surface area contributed by atoms with Gasteiger partial charge in [-0.25, -0.2) is 9.97 Å². The zero-order valence-electron chi connectivity index (χ0n) is 12.4. The molecule has 0 radical (unpaired) electrons. The quantitative estimate of drug-likeness (QED) is 0.535. The minimum Gasteiger partial charge on any atom is -0.459 e. The Labute approximate surface area is 133 Å². The third kappa shape index (κ3) is 3.88. The second-order valence-electron chi connectivity index (χ2n) is 4.61. The van der Waals surface area contributed by atoms with E-state index in [9.17, 15) is 4.79 Å². The predicted octanol–water partition coefficient (Wildman–Crippen LogP) is 2.31. The van der Waals surface area contributed by atoms with Crippen molar-refractivity contribution >= 4 is 29.0 Å². The van der Waals surface area contributed by atoms with Crippen LogP contribution in [-0.2, 0) is 0 Å². The zero-order valence-corrected chi connectivity index (χ0v) is 13.2. The number of nitrogens with one attached hydrogen (secondary N) is 3. The third-order valence-electron chi connectivity index (χ3n) is 3.05. The lowest BCUT2D eigenvalue weighted by atomic mass is 10.2. The zero-order chi connectivity index (χ0) is 15.9. The van der Waals surface area contributed by atoms with E-state index in [1.165, 1.54) is 12.6 Å². The molecule has 2 aromatic heterocycles. The Balaban J connectivity index is 1.75. The number of anilines is 2. The van der Waals surface area contributed by atoms with Crippen molar-refractivity contribution in [2.75, 3.05) is 30.8 Å². The minimum absolute atomic E-state index is 0.205. The van der Waals surface area contributed by atoms with E-state index in [1.807, 2.05) is 6.92 Å². The molecule has 0 unspecified atom stereocenters. The maximum absolute atomic E-state index is 11.8. The van der Waals surface area contributed by atoms with E-state index in [-0.39, 0.29) is 5.91 Å². The molecule has 0 saturated heterocycles. The average molecular weight is 324 g/mol. The van der Waals surface area contributed by atoms with Crippen molar-refractivity contribution < 1.29 is 9.21 Å². The summed E-state index contributed by atoms with van der Waals surface area (Å²) in [5, 5.41) is 9.27. The molecule has 0 aliphatic heterocycles.